The number of methoxy groups -OCH3 is 3. The van der Waals surface area contributed by atoms with Crippen molar-refractivity contribution in [3.8, 4) is 17.2 Å². The summed E-state index contributed by atoms with van der Waals surface area (Å²) in [5.41, 5.74) is 0.783. The number of imide groups is 1. The summed E-state index contributed by atoms with van der Waals surface area (Å²) in [5.74, 6) is 0.962. The van der Waals surface area contributed by atoms with Gasteiger partial charge in [-0.2, -0.15) is 0 Å². The minimum absolute atomic E-state index is 0.140. The van der Waals surface area contributed by atoms with E-state index in [1.165, 1.54) is 11.3 Å². The smallest absolute Gasteiger partial charge is 0.416 e. The molecule has 1 saturated carbocycles. The van der Waals surface area contributed by atoms with E-state index < -0.39 is 12.0 Å². The highest BCUT2D eigenvalue weighted by atomic mass is 16.6. The average molecular weight is 464 g/mol. The van der Waals surface area contributed by atoms with Crippen LogP contribution in [0.25, 0.3) is 0 Å². The molecule has 7 heteroatoms. The van der Waals surface area contributed by atoms with Crippen molar-refractivity contribution in [1.82, 2.24) is 4.90 Å². The Morgan fingerprint density at radius 1 is 0.939 bits per heavy atom. The Bertz CT molecular complexity index is 734. The molecule has 1 aromatic rings. The largest absolute Gasteiger partial charge is 0.493 e. The molecular formula is C26H41NO6. The molecule has 2 rings (SSSR count). The molecule has 0 spiro atoms. The molecule has 7 nitrogen and oxygen atoms in total. The maximum absolute atomic E-state index is 14.0. The number of ether oxygens (including phenoxy) is 4. The van der Waals surface area contributed by atoms with Crippen LogP contribution in [0.5, 0.6) is 17.2 Å². The molecule has 0 aromatic heterocycles. The highest BCUT2D eigenvalue weighted by Gasteiger charge is 2.37. The van der Waals surface area contributed by atoms with Crippen LogP contribution in [-0.4, -0.2) is 51.4 Å². The van der Waals surface area contributed by atoms with E-state index in [0.29, 0.717) is 36.8 Å². The average Bonchev–Trinajstić information content (AvgIpc) is 2.85. The van der Waals surface area contributed by atoms with Crippen LogP contribution in [0.15, 0.2) is 12.1 Å². The van der Waals surface area contributed by atoms with E-state index in [1.54, 1.807) is 21.3 Å². The topological polar surface area (TPSA) is 74.3 Å². The summed E-state index contributed by atoms with van der Waals surface area (Å²) >= 11 is 0. The lowest BCUT2D eigenvalue weighted by molar-refractivity contribution is -0.132. The number of carbonyl (C=O) groups excluding carboxylic acids is 2. The van der Waals surface area contributed by atoms with Crippen molar-refractivity contribution < 1.29 is 28.5 Å². The van der Waals surface area contributed by atoms with Crippen LogP contribution in [0.3, 0.4) is 0 Å². The van der Waals surface area contributed by atoms with E-state index in [-0.39, 0.29) is 11.8 Å². The lowest BCUT2D eigenvalue weighted by Gasteiger charge is -2.33. The number of rotatable bonds is 12. The molecule has 0 saturated heterocycles. The molecule has 0 bridgehead atoms. The van der Waals surface area contributed by atoms with Gasteiger partial charge in [0.2, 0.25) is 11.7 Å². The van der Waals surface area contributed by atoms with E-state index in [0.717, 1.165) is 50.5 Å². The number of amides is 2. The third-order valence-electron chi connectivity index (χ3n) is 6.33. The zero-order chi connectivity index (χ0) is 24.2. The van der Waals surface area contributed by atoms with Gasteiger partial charge in [-0.25, -0.2) is 9.69 Å². The molecule has 1 aromatic carbocycles. The predicted molar refractivity (Wildman–Crippen MR) is 128 cm³/mol. The summed E-state index contributed by atoms with van der Waals surface area (Å²) in [6, 6.07) is 3.69. The molecule has 1 atom stereocenters. The first-order valence-electron chi connectivity index (χ1n) is 12.3. The lowest BCUT2D eigenvalue weighted by atomic mass is 9.76. The number of carbonyl (C=O) groups is 2. The summed E-state index contributed by atoms with van der Waals surface area (Å²) in [6.07, 6.45) is 8.09. The standard InChI is InChI=1S/C26H41NO6/c1-6-8-12-15-27(26(29)33-16-7-2)25(28)23(19-13-10-9-11-14-19)20-17-21(30-3)24(32-5)22(18-20)31-4/h17-19,23H,6-16H2,1-5H3. The van der Waals surface area contributed by atoms with Gasteiger partial charge >= 0.3 is 6.09 Å². The van der Waals surface area contributed by atoms with Crippen molar-refractivity contribution in [2.24, 2.45) is 5.92 Å². The van der Waals surface area contributed by atoms with Gasteiger partial charge in [-0.1, -0.05) is 46.0 Å². The van der Waals surface area contributed by atoms with Crippen molar-refractivity contribution in [3.63, 3.8) is 0 Å². The van der Waals surface area contributed by atoms with Crippen LogP contribution in [0, 0.1) is 5.92 Å². The molecule has 1 aliphatic carbocycles. The molecule has 33 heavy (non-hydrogen) atoms. The Morgan fingerprint density at radius 3 is 2.09 bits per heavy atom. The zero-order valence-electron chi connectivity index (χ0n) is 21.0. The second-order valence-electron chi connectivity index (χ2n) is 8.65. The lowest BCUT2D eigenvalue weighted by Crippen LogP contribution is -2.43. The first-order valence-corrected chi connectivity index (χ1v) is 12.3. The van der Waals surface area contributed by atoms with Gasteiger partial charge in [-0.15, -0.1) is 0 Å². The van der Waals surface area contributed by atoms with Crippen LogP contribution in [0.1, 0.15) is 83.1 Å². The fourth-order valence-electron chi connectivity index (χ4n) is 4.61. The van der Waals surface area contributed by atoms with Gasteiger partial charge in [0.05, 0.1) is 33.9 Å². The Kier molecular flexibility index (Phi) is 11.3. The normalized spacial score (nSPS) is 14.9. The van der Waals surface area contributed by atoms with Crippen LogP contribution < -0.4 is 14.2 Å². The molecule has 0 aliphatic heterocycles. The number of hydrogen-bond acceptors (Lipinski definition) is 6. The summed E-state index contributed by atoms with van der Waals surface area (Å²) in [4.78, 5) is 28.3. The molecule has 186 valence electrons. The SMILES string of the molecule is CCCCCN(C(=O)OCCC)C(=O)C(c1cc(OC)c(OC)c(OC)c1)C1CCCCC1. The predicted octanol–water partition coefficient (Wildman–Crippen LogP) is 5.94. The summed E-state index contributed by atoms with van der Waals surface area (Å²) < 4.78 is 22.0. The summed E-state index contributed by atoms with van der Waals surface area (Å²) in [6.45, 7) is 4.71. The van der Waals surface area contributed by atoms with Crippen LogP contribution in [0.4, 0.5) is 4.79 Å². The fraction of sp³-hybridized carbons (Fsp3) is 0.692. The first-order chi connectivity index (χ1) is 16.0. The van der Waals surface area contributed by atoms with Gasteiger partial charge in [0.15, 0.2) is 11.5 Å². The highest BCUT2D eigenvalue weighted by molar-refractivity contribution is 5.96. The van der Waals surface area contributed by atoms with Gasteiger partial charge in [-0.05, 0) is 49.3 Å². The molecule has 1 fully saturated rings. The maximum Gasteiger partial charge on any atom is 0.416 e. The Morgan fingerprint density at radius 2 is 1.58 bits per heavy atom. The first kappa shape index (κ1) is 26.8. The van der Waals surface area contributed by atoms with Gasteiger partial charge in [-0.3, -0.25) is 4.79 Å². The highest BCUT2D eigenvalue weighted by Crippen LogP contribution is 2.44. The Balaban J connectivity index is 2.50. The fourth-order valence-corrected chi connectivity index (χ4v) is 4.61. The molecule has 2 amide bonds. The van der Waals surface area contributed by atoms with Crippen molar-refractivity contribution in [2.45, 2.75) is 77.6 Å². The molecular weight excluding hydrogens is 422 g/mol. The van der Waals surface area contributed by atoms with Crippen LogP contribution >= 0.6 is 0 Å². The zero-order valence-corrected chi connectivity index (χ0v) is 21.0. The van der Waals surface area contributed by atoms with Crippen molar-refractivity contribution >= 4 is 12.0 Å². The second kappa shape index (κ2) is 14.0. The monoisotopic (exact) mass is 463 g/mol. The van der Waals surface area contributed by atoms with Gasteiger partial charge in [0, 0.05) is 6.54 Å². The van der Waals surface area contributed by atoms with Crippen molar-refractivity contribution in [3.05, 3.63) is 17.7 Å². The quantitative estimate of drug-likeness (QED) is 0.357. The van der Waals surface area contributed by atoms with Crippen LogP contribution in [-0.2, 0) is 9.53 Å². The third-order valence-corrected chi connectivity index (χ3v) is 6.33. The number of benzene rings is 1. The van der Waals surface area contributed by atoms with E-state index in [4.69, 9.17) is 18.9 Å². The Labute approximate surface area is 198 Å². The van der Waals surface area contributed by atoms with E-state index in [9.17, 15) is 9.59 Å². The van der Waals surface area contributed by atoms with Gasteiger partial charge in [0.25, 0.3) is 0 Å². The second-order valence-corrected chi connectivity index (χ2v) is 8.65. The molecule has 1 aliphatic rings. The van der Waals surface area contributed by atoms with Gasteiger partial charge in [0.1, 0.15) is 0 Å². The molecule has 0 N–H and O–H groups in total. The minimum atomic E-state index is -0.550. The Hall–Kier alpha value is -2.44. The van der Waals surface area contributed by atoms with Gasteiger partial charge < -0.3 is 18.9 Å². The van der Waals surface area contributed by atoms with E-state index >= 15 is 0 Å². The minimum Gasteiger partial charge on any atom is -0.493 e. The molecule has 0 radical (unpaired) electrons. The molecule has 0 heterocycles. The summed E-state index contributed by atoms with van der Waals surface area (Å²) in [7, 11) is 4.69. The van der Waals surface area contributed by atoms with Crippen molar-refractivity contribution in [1.29, 1.82) is 0 Å². The number of hydrogen-bond donors (Lipinski definition) is 0. The summed E-state index contributed by atoms with van der Waals surface area (Å²) in [5, 5.41) is 0. The van der Waals surface area contributed by atoms with E-state index in [1.807, 2.05) is 19.1 Å². The van der Waals surface area contributed by atoms with E-state index in [2.05, 4.69) is 6.92 Å². The maximum atomic E-state index is 14.0. The number of nitrogens with zero attached hydrogens (tertiary/aromatic N) is 1. The van der Waals surface area contributed by atoms with Crippen molar-refractivity contribution in [2.75, 3.05) is 34.5 Å². The molecule has 1 unspecified atom stereocenters. The third kappa shape index (κ3) is 7.02. The number of unbranched alkanes of at least 4 members (excludes halogenated alkanes) is 2. The van der Waals surface area contributed by atoms with Crippen LogP contribution in [0.2, 0.25) is 0 Å².